The Morgan fingerprint density at radius 1 is 0.765 bits per heavy atom. The van der Waals surface area contributed by atoms with Crippen molar-refractivity contribution in [2.45, 2.75) is 70.9 Å². The van der Waals surface area contributed by atoms with E-state index in [1.54, 1.807) is 0 Å². The SMILES string of the molecule is C[C@@H]1C[C@H](N)CC[C@@H]1C[C@@H]1CC[C@@H](N)C[C@@H]1C. The van der Waals surface area contributed by atoms with E-state index in [0.717, 1.165) is 23.7 Å². The molecule has 2 rings (SSSR count). The van der Waals surface area contributed by atoms with Gasteiger partial charge in [0, 0.05) is 12.1 Å². The van der Waals surface area contributed by atoms with Gasteiger partial charge in [0.05, 0.1) is 0 Å². The van der Waals surface area contributed by atoms with Crippen molar-refractivity contribution < 1.29 is 0 Å². The van der Waals surface area contributed by atoms with E-state index in [0.29, 0.717) is 12.1 Å². The molecule has 6 atom stereocenters. The van der Waals surface area contributed by atoms with Crippen LogP contribution in [0.15, 0.2) is 0 Å². The molecule has 0 aromatic heterocycles. The largest absolute Gasteiger partial charge is 0.328 e. The highest BCUT2D eigenvalue weighted by Gasteiger charge is 2.32. The molecule has 2 nitrogen and oxygen atoms in total. The lowest BCUT2D eigenvalue weighted by molar-refractivity contribution is 0.139. The molecule has 0 amide bonds. The summed E-state index contributed by atoms with van der Waals surface area (Å²) in [5.74, 6) is 3.52. The van der Waals surface area contributed by atoms with Crippen molar-refractivity contribution in [3.8, 4) is 0 Å². The molecule has 2 aliphatic rings. The fourth-order valence-corrected chi connectivity index (χ4v) is 4.09. The van der Waals surface area contributed by atoms with Crippen LogP contribution < -0.4 is 11.5 Å². The van der Waals surface area contributed by atoms with Crippen LogP contribution in [0, 0.1) is 23.7 Å². The summed E-state index contributed by atoms with van der Waals surface area (Å²) in [5, 5.41) is 0. The Hall–Kier alpha value is -0.0800. The van der Waals surface area contributed by atoms with Crippen molar-refractivity contribution in [3.05, 3.63) is 0 Å². The van der Waals surface area contributed by atoms with Gasteiger partial charge in [0.2, 0.25) is 0 Å². The highest BCUT2D eigenvalue weighted by atomic mass is 14.7. The average Bonchev–Trinajstić information content (AvgIpc) is 2.25. The molecule has 2 saturated carbocycles. The van der Waals surface area contributed by atoms with Crippen molar-refractivity contribution in [2.75, 3.05) is 0 Å². The number of hydrogen-bond acceptors (Lipinski definition) is 2. The second-order valence-corrected chi connectivity index (χ2v) is 6.86. The van der Waals surface area contributed by atoms with E-state index >= 15 is 0 Å². The standard InChI is InChI=1S/C15H30N2/c1-10-7-14(16)5-3-12(10)9-13-4-6-15(17)8-11(13)2/h10-15H,3-9,16-17H2,1-2H3/t10-,11+,12-,13+,14-,15-/m1/s1. The Morgan fingerprint density at radius 3 is 1.53 bits per heavy atom. The molecule has 100 valence electrons. The molecule has 2 aliphatic carbocycles. The van der Waals surface area contributed by atoms with E-state index in [1.165, 1.54) is 44.9 Å². The van der Waals surface area contributed by atoms with Gasteiger partial charge < -0.3 is 11.5 Å². The van der Waals surface area contributed by atoms with Crippen molar-refractivity contribution in [3.63, 3.8) is 0 Å². The summed E-state index contributed by atoms with van der Waals surface area (Å²) in [7, 11) is 0. The minimum Gasteiger partial charge on any atom is -0.328 e. The van der Waals surface area contributed by atoms with Gasteiger partial charge in [-0.05, 0) is 68.6 Å². The van der Waals surface area contributed by atoms with Gasteiger partial charge in [-0.25, -0.2) is 0 Å². The van der Waals surface area contributed by atoms with Gasteiger partial charge in [0.25, 0.3) is 0 Å². The van der Waals surface area contributed by atoms with Crippen LogP contribution in [0.5, 0.6) is 0 Å². The Kier molecular flexibility index (Phi) is 4.48. The predicted molar refractivity (Wildman–Crippen MR) is 73.6 cm³/mol. The van der Waals surface area contributed by atoms with E-state index in [-0.39, 0.29) is 0 Å². The smallest absolute Gasteiger partial charge is 0.00415 e. The molecular weight excluding hydrogens is 208 g/mol. The minimum absolute atomic E-state index is 0.471. The molecule has 2 fully saturated rings. The fourth-order valence-electron chi connectivity index (χ4n) is 4.09. The molecule has 0 spiro atoms. The quantitative estimate of drug-likeness (QED) is 0.777. The van der Waals surface area contributed by atoms with Crippen LogP contribution in [0.2, 0.25) is 0 Å². The molecular formula is C15H30N2. The van der Waals surface area contributed by atoms with Crippen LogP contribution in [0.4, 0.5) is 0 Å². The van der Waals surface area contributed by atoms with Crippen LogP contribution in [-0.2, 0) is 0 Å². The first-order valence-electron chi connectivity index (χ1n) is 7.57. The van der Waals surface area contributed by atoms with Crippen LogP contribution in [0.25, 0.3) is 0 Å². The van der Waals surface area contributed by atoms with E-state index in [4.69, 9.17) is 11.5 Å². The van der Waals surface area contributed by atoms with Gasteiger partial charge in [-0.3, -0.25) is 0 Å². The van der Waals surface area contributed by atoms with Crippen molar-refractivity contribution in [1.82, 2.24) is 0 Å². The molecule has 0 unspecified atom stereocenters. The summed E-state index contributed by atoms with van der Waals surface area (Å²) >= 11 is 0. The van der Waals surface area contributed by atoms with Crippen LogP contribution >= 0.6 is 0 Å². The maximum absolute atomic E-state index is 6.05. The van der Waals surface area contributed by atoms with Gasteiger partial charge in [0.1, 0.15) is 0 Å². The van der Waals surface area contributed by atoms with E-state index in [9.17, 15) is 0 Å². The number of rotatable bonds is 2. The van der Waals surface area contributed by atoms with Crippen molar-refractivity contribution in [1.29, 1.82) is 0 Å². The second kappa shape index (κ2) is 5.71. The Balaban J connectivity index is 1.84. The molecule has 0 heterocycles. The third-order valence-corrected chi connectivity index (χ3v) is 5.38. The zero-order valence-corrected chi connectivity index (χ0v) is 11.6. The summed E-state index contributed by atoms with van der Waals surface area (Å²) in [6, 6.07) is 0.942. The molecule has 17 heavy (non-hydrogen) atoms. The summed E-state index contributed by atoms with van der Waals surface area (Å²) in [6.07, 6.45) is 9.12. The first-order chi connectivity index (χ1) is 8.06. The van der Waals surface area contributed by atoms with Gasteiger partial charge in [-0.15, -0.1) is 0 Å². The third kappa shape index (κ3) is 3.45. The number of nitrogens with two attached hydrogens (primary N) is 2. The van der Waals surface area contributed by atoms with Gasteiger partial charge in [-0.2, -0.15) is 0 Å². The highest BCUT2D eigenvalue weighted by Crippen LogP contribution is 2.39. The minimum atomic E-state index is 0.471. The third-order valence-electron chi connectivity index (χ3n) is 5.38. The second-order valence-electron chi connectivity index (χ2n) is 6.86. The molecule has 0 saturated heterocycles. The fraction of sp³-hybridized carbons (Fsp3) is 1.00. The van der Waals surface area contributed by atoms with Gasteiger partial charge in [-0.1, -0.05) is 13.8 Å². The Morgan fingerprint density at radius 2 is 1.18 bits per heavy atom. The predicted octanol–water partition coefficient (Wildman–Crippen LogP) is 2.90. The summed E-state index contributed by atoms with van der Waals surface area (Å²) < 4.78 is 0. The van der Waals surface area contributed by atoms with E-state index in [1.807, 2.05) is 0 Å². The topological polar surface area (TPSA) is 52.0 Å². The van der Waals surface area contributed by atoms with E-state index < -0.39 is 0 Å². The zero-order chi connectivity index (χ0) is 12.4. The molecule has 0 aromatic rings. The van der Waals surface area contributed by atoms with Crippen LogP contribution in [0.3, 0.4) is 0 Å². The van der Waals surface area contributed by atoms with Crippen molar-refractivity contribution in [2.24, 2.45) is 35.1 Å². The normalized spacial score (nSPS) is 48.0. The maximum atomic E-state index is 6.05. The zero-order valence-electron chi connectivity index (χ0n) is 11.6. The molecule has 0 aromatic carbocycles. The lowest BCUT2D eigenvalue weighted by atomic mass is 9.68. The van der Waals surface area contributed by atoms with Gasteiger partial charge in [0.15, 0.2) is 0 Å². The van der Waals surface area contributed by atoms with Crippen molar-refractivity contribution >= 4 is 0 Å². The molecule has 0 bridgehead atoms. The lowest BCUT2D eigenvalue weighted by Crippen LogP contribution is -2.36. The Labute approximate surface area is 107 Å². The van der Waals surface area contributed by atoms with Crippen LogP contribution in [-0.4, -0.2) is 12.1 Å². The molecule has 4 N–H and O–H groups in total. The first kappa shape index (κ1) is 13.4. The Bertz CT molecular complexity index is 217. The first-order valence-corrected chi connectivity index (χ1v) is 7.57. The summed E-state index contributed by atoms with van der Waals surface area (Å²) in [5.41, 5.74) is 12.1. The van der Waals surface area contributed by atoms with Crippen LogP contribution in [0.1, 0.15) is 58.8 Å². The lowest BCUT2D eigenvalue weighted by Gasteiger charge is -2.39. The van der Waals surface area contributed by atoms with Gasteiger partial charge >= 0.3 is 0 Å². The summed E-state index contributed by atoms with van der Waals surface area (Å²) in [6.45, 7) is 4.81. The monoisotopic (exact) mass is 238 g/mol. The maximum Gasteiger partial charge on any atom is 0.00415 e. The average molecular weight is 238 g/mol. The highest BCUT2D eigenvalue weighted by molar-refractivity contribution is 4.85. The number of hydrogen-bond donors (Lipinski definition) is 2. The molecule has 0 aliphatic heterocycles. The molecule has 2 heteroatoms. The summed E-state index contributed by atoms with van der Waals surface area (Å²) in [4.78, 5) is 0. The van der Waals surface area contributed by atoms with E-state index in [2.05, 4.69) is 13.8 Å². The molecule has 0 radical (unpaired) electrons.